The molecule has 0 atom stereocenters. The van der Waals surface area contributed by atoms with Gasteiger partial charge in [0.2, 0.25) is 0 Å². The van der Waals surface area contributed by atoms with Gasteiger partial charge in [0.25, 0.3) is 0 Å². The van der Waals surface area contributed by atoms with Crippen LogP contribution < -0.4 is 5.73 Å². The lowest BCUT2D eigenvalue weighted by Gasteiger charge is -1.98. The molecule has 3 N–H and O–H groups in total. The number of benzene rings is 1. The van der Waals surface area contributed by atoms with Crippen LogP contribution in [0.5, 0.6) is 0 Å². The third-order valence-corrected chi connectivity index (χ3v) is 2.06. The van der Waals surface area contributed by atoms with Gasteiger partial charge in [0.15, 0.2) is 0 Å². The van der Waals surface area contributed by atoms with E-state index in [0.29, 0.717) is 17.9 Å². The van der Waals surface area contributed by atoms with E-state index in [-0.39, 0.29) is 5.56 Å². The van der Waals surface area contributed by atoms with Gasteiger partial charge in [-0.2, -0.15) is 5.10 Å². The molecule has 0 unspecified atom stereocenters. The van der Waals surface area contributed by atoms with Crippen LogP contribution in [0.1, 0.15) is 5.69 Å². The van der Waals surface area contributed by atoms with Crippen molar-refractivity contribution in [2.24, 2.45) is 5.73 Å². The molecule has 1 heterocycles. The molecular weight excluding hydrogens is 200 g/mol. The van der Waals surface area contributed by atoms with Gasteiger partial charge in [-0.05, 0) is 18.2 Å². The predicted octanol–water partition coefficient (Wildman–Crippen LogP) is 1.81. The summed E-state index contributed by atoms with van der Waals surface area (Å²) in [7, 11) is 0. The van der Waals surface area contributed by atoms with Crippen LogP contribution in [0.25, 0.3) is 11.3 Å². The minimum Gasteiger partial charge on any atom is -0.325 e. The van der Waals surface area contributed by atoms with Crippen LogP contribution in [0.15, 0.2) is 24.3 Å². The Hall–Kier alpha value is -1.75. The van der Waals surface area contributed by atoms with Crippen molar-refractivity contribution in [2.75, 3.05) is 0 Å². The topological polar surface area (TPSA) is 54.7 Å². The van der Waals surface area contributed by atoms with E-state index in [0.717, 1.165) is 6.07 Å². The second-order valence-electron chi connectivity index (χ2n) is 3.11. The van der Waals surface area contributed by atoms with Crippen molar-refractivity contribution in [3.05, 3.63) is 41.6 Å². The number of H-pyrrole nitrogens is 1. The van der Waals surface area contributed by atoms with Gasteiger partial charge in [-0.3, -0.25) is 5.10 Å². The largest absolute Gasteiger partial charge is 0.325 e. The summed E-state index contributed by atoms with van der Waals surface area (Å²) in [5.74, 6) is -1.24. The summed E-state index contributed by atoms with van der Waals surface area (Å²) in [6.07, 6.45) is 0. The first-order valence-electron chi connectivity index (χ1n) is 4.40. The van der Waals surface area contributed by atoms with Crippen LogP contribution in [0.2, 0.25) is 0 Å². The average molecular weight is 209 g/mol. The molecular formula is C10H9F2N3. The molecule has 0 saturated carbocycles. The Morgan fingerprint density at radius 1 is 1.27 bits per heavy atom. The van der Waals surface area contributed by atoms with Gasteiger partial charge in [-0.25, -0.2) is 8.78 Å². The maximum absolute atomic E-state index is 13.3. The van der Waals surface area contributed by atoms with Gasteiger partial charge >= 0.3 is 0 Å². The number of aromatic nitrogens is 2. The molecule has 5 heteroatoms. The van der Waals surface area contributed by atoms with Crippen molar-refractivity contribution in [3.8, 4) is 11.3 Å². The first-order valence-corrected chi connectivity index (χ1v) is 4.40. The van der Waals surface area contributed by atoms with Crippen LogP contribution in [0.3, 0.4) is 0 Å². The minimum absolute atomic E-state index is 0.257. The fourth-order valence-corrected chi connectivity index (χ4v) is 1.30. The van der Waals surface area contributed by atoms with Crippen molar-refractivity contribution in [2.45, 2.75) is 6.54 Å². The van der Waals surface area contributed by atoms with Crippen molar-refractivity contribution in [3.63, 3.8) is 0 Å². The van der Waals surface area contributed by atoms with Crippen molar-refractivity contribution in [1.29, 1.82) is 0 Å². The summed E-state index contributed by atoms with van der Waals surface area (Å²) >= 11 is 0. The molecule has 0 spiro atoms. The highest BCUT2D eigenvalue weighted by Crippen LogP contribution is 2.21. The second kappa shape index (κ2) is 3.78. The zero-order valence-electron chi connectivity index (χ0n) is 7.80. The van der Waals surface area contributed by atoms with Crippen molar-refractivity contribution >= 4 is 0 Å². The lowest BCUT2D eigenvalue weighted by atomic mass is 10.1. The predicted molar refractivity (Wildman–Crippen MR) is 51.8 cm³/mol. The van der Waals surface area contributed by atoms with E-state index >= 15 is 0 Å². The Labute approximate surface area is 84.9 Å². The molecule has 2 aromatic rings. The summed E-state index contributed by atoms with van der Waals surface area (Å²) in [6, 6.07) is 5.00. The quantitative estimate of drug-likeness (QED) is 0.792. The normalized spacial score (nSPS) is 10.6. The molecule has 0 aliphatic carbocycles. The van der Waals surface area contributed by atoms with Gasteiger partial charge in [0.1, 0.15) is 11.6 Å². The highest BCUT2D eigenvalue weighted by Gasteiger charge is 2.09. The fourth-order valence-electron chi connectivity index (χ4n) is 1.30. The molecule has 1 aromatic carbocycles. The van der Waals surface area contributed by atoms with Crippen LogP contribution >= 0.6 is 0 Å². The number of aromatic amines is 1. The Balaban J connectivity index is 2.44. The third kappa shape index (κ3) is 1.87. The van der Waals surface area contributed by atoms with Crippen LogP contribution in [0, 0.1) is 11.6 Å². The van der Waals surface area contributed by atoms with Crippen LogP contribution in [0.4, 0.5) is 8.78 Å². The highest BCUT2D eigenvalue weighted by atomic mass is 19.1. The number of hydrogen-bond donors (Lipinski definition) is 2. The highest BCUT2D eigenvalue weighted by molar-refractivity contribution is 5.59. The number of nitrogens with one attached hydrogen (secondary N) is 1. The van der Waals surface area contributed by atoms with E-state index < -0.39 is 11.6 Å². The minimum atomic E-state index is -0.634. The van der Waals surface area contributed by atoms with Gasteiger partial charge < -0.3 is 5.73 Å². The van der Waals surface area contributed by atoms with Crippen molar-refractivity contribution in [1.82, 2.24) is 10.2 Å². The number of rotatable bonds is 2. The maximum Gasteiger partial charge on any atom is 0.135 e. The molecule has 78 valence electrons. The summed E-state index contributed by atoms with van der Waals surface area (Å²) in [5.41, 5.74) is 6.76. The number of hydrogen-bond acceptors (Lipinski definition) is 2. The second-order valence-corrected chi connectivity index (χ2v) is 3.11. The van der Waals surface area contributed by atoms with Gasteiger partial charge in [-0.1, -0.05) is 0 Å². The Kier molecular flexibility index (Phi) is 2.47. The fraction of sp³-hybridized carbons (Fsp3) is 0.100. The molecule has 0 bridgehead atoms. The zero-order valence-corrected chi connectivity index (χ0v) is 7.80. The van der Waals surface area contributed by atoms with E-state index in [9.17, 15) is 8.78 Å². The van der Waals surface area contributed by atoms with Gasteiger partial charge in [0.05, 0.1) is 5.69 Å². The smallest absolute Gasteiger partial charge is 0.135 e. The van der Waals surface area contributed by atoms with Crippen LogP contribution in [-0.2, 0) is 6.54 Å². The molecule has 0 aliphatic rings. The lowest BCUT2D eigenvalue weighted by Crippen LogP contribution is -1.95. The standard InChI is InChI=1S/C10H9F2N3/c11-6-1-2-8(9(12)3-6)10-4-7(5-13)14-15-10/h1-4H,5,13H2,(H,14,15). The van der Waals surface area contributed by atoms with E-state index in [1.807, 2.05) is 0 Å². The van der Waals surface area contributed by atoms with Crippen molar-refractivity contribution < 1.29 is 8.78 Å². The molecule has 15 heavy (non-hydrogen) atoms. The monoisotopic (exact) mass is 209 g/mol. The molecule has 3 nitrogen and oxygen atoms in total. The Morgan fingerprint density at radius 2 is 2.07 bits per heavy atom. The Morgan fingerprint density at radius 3 is 2.67 bits per heavy atom. The van der Waals surface area contributed by atoms with Gasteiger partial charge in [-0.15, -0.1) is 0 Å². The molecule has 2 rings (SSSR count). The SMILES string of the molecule is NCc1cc(-c2ccc(F)cc2F)n[nH]1. The molecule has 0 saturated heterocycles. The lowest BCUT2D eigenvalue weighted by molar-refractivity contribution is 0.585. The van der Waals surface area contributed by atoms with E-state index in [4.69, 9.17) is 5.73 Å². The first kappa shape index (κ1) is 9.79. The van der Waals surface area contributed by atoms with E-state index in [1.165, 1.54) is 12.1 Å². The van der Waals surface area contributed by atoms with Crippen LogP contribution in [-0.4, -0.2) is 10.2 Å². The summed E-state index contributed by atoms with van der Waals surface area (Å²) in [6.45, 7) is 0.301. The molecule has 1 aromatic heterocycles. The molecule has 0 aliphatic heterocycles. The number of nitrogens with two attached hydrogens (primary N) is 1. The summed E-state index contributed by atoms with van der Waals surface area (Å²) < 4.78 is 26.0. The van der Waals surface area contributed by atoms with E-state index in [1.54, 1.807) is 6.07 Å². The first-order chi connectivity index (χ1) is 7.20. The molecule has 0 amide bonds. The summed E-state index contributed by atoms with van der Waals surface area (Å²) in [5, 5.41) is 6.54. The molecule has 0 fully saturated rings. The summed E-state index contributed by atoms with van der Waals surface area (Å²) in [4.78, 5) is 0. The average Bonchev–Trinajstić information content (AvgIpc) is 2.66. The molecule has 0 radical (unpaired) electrons. The number of halogens is 2. The van der Waals surface area contributed by atoms with E-state index in [2.05, 4.69) is 10.2 Å². The zero-order chi connectivity index (χ0) is 10.8. The Bertz CT molecular complexity index is 479. The third-order valence-electron chi connectivity index (χ3n) is 2.06. The van der Waals surface area contributed by atoms with Gasteiger partial charge in [0, 0.05) is 23.9 Å². The maximum atomic E-state index is 13.3. The number of nitrogens with zero attached hydrogens (tertiary/aromatic N) is 1.